The van der Waals surface area contributed by atoms with Crippen LogP contribution in [0.5, 0.6) is 5.75 Å². The van der Waals surface area contributed by atoms with Crippen molar-refractivity contribution in [3.63, 3.8) is 0 Å². The molecular weight excluding hydrogens is 326 g/mol. The number of hydrogen-bond acceptors (Lipinski definition) is 2. The molecule has 0 amide bonds. The SMILES string of the molecule is Cc1cc(OC(C)C)ccc1NC(C)c1ccc(Br)cc1. The molecule has 0 fully saturated rings. The number of hydrogen-bond donors (Lipinski definition) is 1. The lowest BCUT2D eigenvalue weighted by Gasteiger charge is -2.19. The van der Waals surface area contributed by atoms with Gasteiger partial charge >= 0.3 is 0 Å². The van der Waals surface area contributed by atoms with Gasteiger partial charge in [-0.15, -0.1) is 0 Å². The summed E-state index contributed by atoms with van der Waals surface area (Å²) in [6.45, 7) is 8.35. The van der Waals surface area contributed by atoms with Crippen LogP contribution in [0, 0.1) is 6.92 Å². The minimum Gasteiger partial charge on any atom is -0.491 e. The summed E-state index contributed by atoms with van der Waals surface area (Å²) in [5, 5.41) is 3.56. The Kier molecular flexibility index (Phi) is 5.29. The van der Waals surface area contributed by atoms with Crippen LogP contribution in [0.1, 0.15) is 37.9 Å². The number of benzene rings is 2. The van der Waals surface area contributed by atoms with Crippen molar-refractivity contribution in [2.45, 2.75) is 39.8 Å². The van der Waals surface area contributed by atoms with Gasteiger partial charge in [-0.1, -0.05) is 28.1 Å². The van der Waals surface area contributed by atoms with Crippen molar-refractivity contribution < 1.29 is 4.74 Å². The highest BCUT2D eigenvalue weighted by atomic mass is 79.9. The molecule has 2 rings (SSSR count). The van der Waals surface area contributed by atoms with E-state index in [1.165, 1.54) is 11.1 Å². The Labute approximate surface area is 135 Å². The lowest BCUT2D eigenvalue weighted by molar-refractivity contribution is 0.242. The van der Waals surface area contributed by atoms with Gasteiger partial charge in [-0.05, 0) is 69.2 Å². The number of nitrogens with one attached hydrogen (secondary N) is 1. The van der Waals surface area contributed by atoms with Crippen LogP contribution in [0.4, 0.5) is 5.69 Å². The van der Waals surface area contributed by atoms with Crippen LogP contribution in [0.25, 0.3) is 0 Å². The summed E-state index contributed by atoms with van der Waals surface area (Å²) in [4.78, 5) is 0. The molecule has 0 saturated heterocycles. The third-order valence-corrected chi connectivity index (χ3v) is 3.84. The fourth-order valence-electron chi connectivity index (χ4n) is 2.21. The van der Waals surface area contributed by atoms with Gasteiger partial charge in [0.1, 0.15) is 5.75 Å². The Hall–Kier alpha value is -1.48. The standard InChI is InChI=1S/C18H22BrNO/c1-12(2)21-17-9-10-18(13(3)11-17)20-14(4)15-5-7-16(19)8-6-15/h5-12,14,20H,1-4H3. The van der Waals surface area contributed by atoms with E-state index in [0.29, 0.717) is 0 Å². The first-order valence-electron chi connectivity index (χ1n) is 7.25. The van der Waals surface area contributed by atoms with Crippen LogP contribution in [-0.2, 0) is 0 Å². The van der Waals surface area contributed by atoms with Crippen molar-refractivity contribution in [1.82, 2.24) is 0 Å². The maximum Gasteiger partial charge on any atom is 0.120 e. The van der Waals surface area contributed by atoms with Crippen molar-refractivity contribution in [1.29, 1.82) is 0 Å². The zero-order chi connectivity index (χ0) is 15.4. The first-order chi connectivity index (χ1) is 9.95. The van der Waals surface area contributed by atoms with Gasteiger partial charge in [-0.3, -0.25) is 0 Å². The number of rotatable bonds is 5. The van der Waals surface area contributed by atoms with Crippen LogP contribution in [0.3, 0.4) is 0 Å². The molecule has 0 bridgehead atoms. The van der Waals surface area contributed by atoms with Crippen LogP contribution in [-0.4, -0.2) is 6.10 Å². The molecule has 0 spiro atoms. The largest absolute Gasteiger partial charge is 0.491 e. The Morgan fingerprint density at radius 3 is 2.24 bits per heavy atom. The van der Waals surface area contributed by atoms with Crippen molar-refractivity contribution in [3.05, 3.63) is 58.1 Å². The quantitative estimate of drug-likeness (QED) is 0.746. The van der Waals surface area contributed by atoms with Crippen molar-refractivity contribution in [2.75, 3.05) is 5.32 Å². The molecule has 1 unspecified atom stereocenters. The fraction of sp³-hybridized carbons (Fsp3) is 0.333. The molecule has 112 valence electrons. The molecule has 0 aliphatic carbocycles. The molecule has 0 aliphatic heterocycles. The van der Waals surface area contributed by atoms with Gasteiger partial charge in [0.2, 0.25) is 0 Å². The maximum atomic E-state index is 5.72. The van der Waals surface area contributed by atoms with Gasteiger partial charge in [0.15, 0.2) is 0 Å². The summed E-state index contributed by atoms with van der Waals surface area (Å²) in [7, 11) is 0. The molecule has 0 saturated carbocycles. The zero-order valence-corrected chi connectivity index (χ0v) is 14.6. The highest BCUT2D eigenvalue weighted by Crippen LogP contribution is 2.26. The molecule has 2 aromatic rings. The molecule has 0 heterocycles. The van der Waals surface area contributed by atoms with Gasteiger partial charge in [-0.2, -0.15) is 0 Å². The predicted molar refractivity (Wildman–Crippen MR) is 93.1 cm³/mol. The highest BCUT2D eigenvalue weighted by molar-refractivity contribution is 9.10. The second-order valence-corrected chi connectivity index (χ2v) is 6.48. The van der Waals surface area contributed by atoms with E-state index in [4.69, 9.17) is 4.74 Å². The smallest absolute Gasteiger partial charge is 0.120 e. The van der Waals surface area contributed by atoms with Gasteiger partial charge in [0, 0.05) is 16.2 Å². The van der Waals surface area contributed by atoms with Crippen LogP contribution < -0.4 is 10.1 Å². The Morgan fingerprint density at radius 1 is 1.00 bits per heavy atom. The molecule has 1 atom stereocenters. The summed E-state index contributed by atoms with van der Waals surface area (Å²) < 4.78 is 6.82. The van der Waals surface area contributed by atoms with E-state index in [2.05, 4.69) is 71.5 Å². The number of anilines is 1. The second kappa shape index (κ2) is 6.99. The summed E-state index contributed by atoms with van der Waals surface area (Å²) >= 11 is 3.47. The minimum absolute atomic E-state index is 0.199. The summed E-state index contributed by atoms with van der Waals surface area (Å²) in [5.41, 5.74) is 3.60. The molecule has 21 heavy (non-hydrogen) atoms. The molecular formula is C18H22BrNO. The fourth-order valence-corrected chi connectivity index (χ4v) is 2.48. The molecule has 0 radical (unpaired) electrons. The summed E-state index contributed by atoms with van der Waals surface area (Å²) in [5.74, 6) is 0.921. The predicted octanol–water partition coefficient (Wildman–Crippen LogP) is 5.72. The second-order valence-electron chi connectivity index (χ2n) is 5.56. The van der Waals surface area contributed by atoms with E-state index in [1.807, 2.05) is 19.9 Å². The Bertz CT molecular complexity index is 593. The van der Waals surface area contributed by atoms with Crippen LogP contribution in [0.2, 0.25) is 0 Å². The first kappa shape index (κ1) is 15.9. The molecule has 0 aliphatic rings. The van der Waals surface area contributed by atoms with E-state index in [-0.39, 0.29) is 12.1 Å². The zero-order valence-electron chi connectivity index (χ0n) is 13.0. The molecule has 0 aromatic heterocycles. The molecule has 1 N–H and O–H groups in total. The van der Waals surface area contributed by atoms with Crippen LogP contribution in [0.15, 0.2) is 46.9 Å². The van der Waals surface area contributed by atoms with E-state index < -0.39 is 0 Å². The lowest BCUT2D eigenvalue weighted by atomic mass is 10.1. The van der Waals surface area contributed by atoms with Gasteiger partial charge in [-0.25, -0.2) is 0 Å². The average molecular weight is 348 g/mol. The first-order valence-corrected chi connectivity index (χ1v) is 8.04. The number of halogens is 1. The van der Waals surface area contributed by atoms with Crippen LogP contribution >= 0.6 is 15.9 Å². The minimum atomic E-state index is 0.199. The van der Waals surface area contributed by atoms with Crippen molar-refractivity contribution in [3.8, 4) is 5.75 Å². The molecule has 2 nitrogen and oxygen atoms in total. The maximum absolute atomic E-state index is 5.72. The van der Waals surface area contributed by atoms with Crippen molar-refractivity contribution >= 4 is 21.6 Å². The lowest BCUT2D eigenvalue weighted by Crippen LogP contribution is -2.09. The Balaban J connectivity index is 2.10. The van der Waals surface area contributed by atoms with Crippen molar-refractivity contribution in [2.24, 2.45) is 0 Å². The van der Waals surface area contributed by atoms with Gasteiger partial charge in [0.25, 0.3) is 0 Å². The van der Waals surface area contributed by atoms with E-state index in [9.17, 15) is 0 Å². The van der Waals surface area contributed by atoms with E-state index >= 15 is 0 Å². The average Bonchev–Trinajstić information content (AvgIpc) is 2.42. The highest BCUT2D eigenvalue weighted by Gasteiger charge is 2.08. The number of ether oxygens (including phenoxy) is 1. The topological polar surface area (TPSA) is 21.3 Å². The molecule has 3 heteroatoms. The van der Waals surface area contributed by atoms with E-state index in [0.717, 1.165) is 15.9 Å². The number of aryl methyl sites for hydroxylation is 1. The summed E-state index contributed by atoms with van der Waals surface area (Å²) in [6, 6.07) is 14.8. The third kappa shape index (κ3) is 4.50. The van der Waals surface area contributed by atoms with Gasteiger partial charge < -0.3 is 10.1 Å². The normalized spacial score (nSPS) is 12.3. The monoisotopic (exact) mass is 347 g/mol. The summed E-state index contributed by atoms with van der Waals surface area (Å²) in [6.07, 6.45) is 0.199. The Morgan fingerprint density at radius 2 is 1.67 bits per heavy atom. The third-order valence-electron chi connectivity index (χ3n) is 3.31. The van der Waals surface area contributed by atoms with Gasteiger partial charge in [0.05, 0.1) is 6.10 Å². The van der Waals surface area contributed by atoms with E-state index in [1.54, 1.807) is 0 Å². The molecule has 2 aromatic carbocycles.